The molecule has 1 aliphatic rings. The summed E-state index contributed by atoms with van der Waals surface area (Å²) in [6.45, 7) is 4.60. The summed E-state index contributed by atoms with van der Waals surface area (Å²) in [5.41, 5.74) is 5.15. The molecule has 25 heavy (non-hydrogen) atoms. The normalized spacial score (nSPS) is 13.0. The van der Waals surface area contributed by atoms with E-state index in [4.69, 9.17) is 4.98 Å². The van der Waals surface area contributed by atoms with Crippen molar-refractivity contribution in [3.05, 3.63) is 46.9 Å². The Morgan fingerprint density at radius 3 is 2.68 bits per heavy atom. The minimum atomic E-state index is -0.287. The Hall–Kier alpha value is -2.67. The molecule has 6 nitrogen and oxygen atoms in total. The molecule has 1 aliphatic heterocycles. The van der Waals surface area contributed by atoms with E-state index in [9.17, 15) is 9.50 Å². The van der Waals surface area contributed by atoms with Gasteiger partial charge in [0.2, 0.25) is 5.82 Å². The minimum absolute atomic E-state index is 0.120. The van der Waals surface area contributed by atoms with Gasteiger partial charge in [0.15, 0.2) is 0 Å². The van der Waals surface area contributed by atoms with E-state index in [0.29, 0.717) is 18.8 Å². The van der Waals surface area contributed by atoms with Crippen LogP contribution in [-0.4, -0.2) is 30.3 Å². The van der Waals surface area contributed by atoms with Crippen LogP contribution < -0.4 is 0 Å². The molecule has 0 radical (unpaired) electrons. The van der Waals surface area contributed by atoms with E-state index >= 15 is 0 Å². The number of nitrogens with zero attached hydrogens (tertiary/aromatic N) is 5. The van der Waals surface area contributed by atoms with Gasteiger partial charge in [-0.25, -0.2) is 14.1 Å². The molecule has 128 valence electrons. The van der Waals surface area contributed by atoms with Crippen LogP contribution in [0.15, 0.2) is 24.3 Å². The number of benzene rings is 1. The number of rotatable bonds is 3. The molecule has 4 rings (SSSR count). The van der Waals surface area contributed by atoms with E-state index in [2.05, 4.69) is 15.5 Å². The first kappa shape index (κ1) is 15.8. The van der Waals surface area contributed by atoms with Crippen LogP contribution >= 0.6 is 0 Å². The third kappa shape index (κ3) is 2.51. The van der Waals surface area contributed by atoms with Crippen molar-refractivity contribution in [3.8, 4) is 22.6 Å². The van der Waals surface area contributed by atoms with Gasteiger partial charge < -0.3 is 5.11 Å². The Morgan fingerprint density at radius 2 is 2.00 bits per heavy atom. The summed E-state index contributed by atoms with van der Waals surface area (Å²) in [4.78, 5) is 4.80. The van der Waals surface area contributed by atoms with Crippen molar-refractivity contribution in [2.75, 3.05) is 0 Å². The maximum atomic E-state index is 13.4. The minimum Gasteiger partial charge on any atom is -0.392 e. The van der Waals surface area contributed by atoms with Gasteiger partial charge in [-0.1, -0.05) is 26.0 Å². The standard InChI is InChI=1S/C18H18FN5O/c1-10(2)16-14(9-25)15(11-3-5-12(19)6-4-11)13-7-8-24-18(17(13)20-16)21-22-23-24/h3-6,10,25H,7-9H2,1-2H3. The van der Waals surface area contributed by atoms with Gasteiger partial charge in [0.05, 0.1) is 6.61 Å². The van der Waals surface area contributed by atoms with Gasteiger partial charge in [-0.2, -0.15) is 0 Å². The molecule has 0 bridgehead atoms. The molecule has 0 amide bonds. The molecule has 0 unspecified atom stereocenters. The van der Waals surface area contributed by atoms with Crippen molar-refractivity contribution in [1.82, 2.24) is 25.2 Å². The summed E-state index contributed by atoms with van der Waals surface area (Å²) in [5, 5.41) is 21.9. The smallest absolute Gasteiger partial charge is 0.200 e. The topological polar surface area (TPSA) is 76.7 Å². The van der Waals surface area contributed by atoms with E-state index in [1.54, 1.807) is 16.8 Å². The van der Waals surface area contributed by atoms with Crippen molar-refractivity contribution in [3.63, 3.8) is 0 Å². The van der Waals surface area contributed by atoms with Crippen LogP contribution in [0.2, 0.25) is 0 Å². The summed E-state index contributed by atoms with van der Waals surface area (Å²) >= 11 is 0. The molecule has 1 aromatic carbocycles. The monoisotopic (exact) mass is 339 g/mol. The number of aryl methyl sites for hydroxylation is 1. The number of pyridine rings is 1. The van der Waals surface area contributed by atoms with Crippen molar-refractivity contribution < 1.29 is 9.50 Å². The predicted octanol–water partition coefficient (Wildman–Crippen LogP) is 2.71. The lowest BCUT2D eigenvalue weighted by Crippen LogP contribution is -2.18. The fourth-order valence-corrected chi connectivity index (χ4v) is 3.46. The first-order valence-corrected chi connectivity index (χ1v) is 8.29. The van der Waals surface area contributed by atoms with Crippen LogP contribution in [-0.2, 0) is 19.6 Å². The molecule has 0 saturated carbocycles. The van der Waals surface area contributed by atoms with Crippen LogP contribution in [0, 0.1) is 5.82 Å². The molecule has 2 aromatic heterocycles. The quantitative estimate of drug-likeness (QED) is 0.794. The summed E-state index contributed by atoms with van der Waals surface area (Å²) in [5.74, 6) is 0.471. The zero-order chi connectivity index (χ0) is 17.6. The van der Waals surface area contributed by atoms with Crippen LogP contribution in [0.5, 0.6) is 0 Å². The lowest BCUT2D eigenvalue weighted by molar-refractivity contribution is 0.280. The molecule has 0 fully saturated rings. The van der Waals surface area contributed by atoms with Crippen molar-refractivity contribution in [2.24, 2.45) is 0 Å². The zero-order valence-electron chi connectivity index (χ0n) is 14.1. The molecule has 7 heteroatoms. The zero-order valence-corrected chi connectivity index (χ0v) is 14.1. The summed E-state index contributed by atoms with van der Waals surface area (Å²) in [7, 11) is 0. The Bertz CT molecular complexity index is 933. The third-order valence-corrected chi connectivity index (χ3v) is 4.59. The SMILES string of the molecule is CC(C)c1nc2c(c(-c3ccc(F)cc3)c1CO)CCn1nnnc1-2. The Labute approximate surface area is 144 Å². The third-order valence-electron chi connectivity index (χ3n) is 4.59. The van der Waals surface area contributed by atoms with Gasteiger partial charge in [-0.15, -0.1) is 5.10 Å². The summed E-state index contributed by atoms with van der Waals surface area (Å²) in [6, 6.07) is 6.36. The average Bonchev–Trinajstić information content (AvgIpc) is 3.09. The lowest BCUT2D eigenvalue weighted by Gasteiger charge is -2.24. The van der Waals surface area contributed by atoms with Crippen molar-refractivity contribution in [2.45, 2.75) is 39.3 Å². The number of hydrogen-bond donors (Lipinski definition) is 1. The highest BCUT2D eigenvalue weighted by atomic mass is 19.1. The van der Waals surface area contributed by atoms with E-state index in [-0.39, 0.29) is 18.3 Å². The fourth-order valence-electron chi connectivity index (χ4n) is 3.46. The number of aliphatic hydroxyl groups excluding tert-OH is 1. The molecule has 0 spiro atoms. The van der Waals surface area contributed by atoms with Gasteiger partial charge in [0.1, 0.15) is 11.5 Å². The predicted molar refractivity (Wildman–Crippen MR) is 90.2 cm³/mol. The van der Waals surface area contributed by atoms with Gasteiger partial charge >= 0.3 is 0 Å². The molecular formula is C18H18FN5O. The van der Waals surface area contributed by atoms with Gasteiger partial charge in [0, 0.05) is 17.8 Å². The van der Waals surface area contributed by atoms with Crippen LogP contribution in [0.3, 0.4) is 0 Å². The van der Waals surface area contributed by atoms with E-state index < -0.39 is 0 Å². The second-order valence-electron chi connectivity index (χ2n) is 6.47. The number of tetrazole rings is 1. The Morgan fingerprint density at radius 1 is 1.24 bits per heavy atom. The lowest BCUT2D eigenvalue weighted by atomic mass is 9.87. The van der Waals surface area contributed by atoms with Crippen LogP contribution in [0.1, 0.15) is 36.6 Å². The van der Waals surface area contributed by atoms with Crippen LogP contribution in [0.4, 0.5) is 4.39 Å². The first-order valence-electron chi connectivity index (χ1n) is 8.29. The van der Waals surface area contributed by atoms with E-state index in [1.165, 1.54) is 12.1 Å². The van der Waals surface area contributed by atoms with Crippen molar-refractivity contribution in [1.29, 1.82) is 0 Å². The molecule has 1 N–H and O–H groups in total. The summed E-state index contributed by atoms with van der Waals surface area (Å²) in [6.07, 6.45) is 0.707. The molecule has 0 atom stereocenters. The van der Waals surface area contributed by atoms with Gasteiger partial charge in [-0.05, 0) is 51.6 Å². The van der Waals surface area contributed by atoms with Gasteiger partial charge in [0.25, 0.3) is 0 Å². The largest absolute Gasteiger partial charge is 0.392 e. The highest BCUT2D eigenvalue weighted by Gasteiger charge is 2.28. The second-order valence-corrected chi connectivity index (χ2v) is 6.47. The Balaban J connectivity index is 2.06. The molecule has 0 saturated heterocycles. The van der Waals surface area contributed by atoms with Gasteiger partial charge in [-0.3, -0.25) is 0 Å². The average molecular weight is 339 g/mol. The van der Waals surface area contributed by atoms with E-state index in [0.717, 1.165) is 33.6 Å². The van der Waals surface area contributed by atoms with Crippen LogP contribution in [0.25, 0.3) is 22.6 Å². The molecular weight excluding hydrogens is 321 g/mol. The first-order chi connectivity index (χ1) is 12.1. The number of fused-ring (bicyclic) bond motifs is 3. The highest BCUT2D eigenvalue weighted by Crippen LogP contribution is 2.39. The fraction of sp³-hybridized carbons (Fsp3) is 0.333. The summed E-state index contributed by atoms with van der Waals surface area (Å²) < 4.78 is 15.1. The molecule has 3 heterocycles. The highest BCUT2D eigenvalue weighted by molar-refractivity contribution is 5.78. The van der Waals surface area contributed by atoms with Crippen molar-refractivity contribution >= 4 is 0 Å². The number of halogens is 1. The second kappa shape index (κ2) is 6.00. The number of aromatic nitrogens is 5. The Kier molecular flexibility index (Phi) is 3.80. The number of aliphatic hydroxyl groups is 1. The van der Waals surface area contributed by atoms with E-state index in [1.807, 2.05) is 13.8 Å². The maximum absolute atomic E-state index is 13.4. The molecule has 0 aliphatic carbocycles. The molecule has 3 aromatic rings. The maximum Gasteiger partial charge on any atom is 0.200 e. The number of hydrogen-bond acceptors (Lipinski definition) is 5.